The maximum absolute atomic E-state index is 13.8. The van der Waals surface area contributed by atoms with Gasteiger partial charge in [-0.15, -0.1) is 6.58 Å². The Hall–Kier alpha value is -3.20. The number of hydrogen-bond acceptors (Lipinski definition) is 4. The first-order chi connectivity index (χ1) is 15.0. The summed E-state index contributed by atoms with van der Waals surface area (Å²) in [6, 6.07) is 4.60. The molecule has 3 aliphatic rings. The number of carbonyl (C=O) groups is 3. The minimum absolute atomic E-state index is 0.00632. The Balaban J connectivity index is 1.53. The fraction of sp³-hybridized carbons (Fsp3) is 0.409. The molecule has 0 saturated carbocycles. The van der Waals surface area contributed by atoms with Crippen molar-refractivity contribution < 1.29 is 23.5 Å². The molecular formula is C22H25FN4O4. The first kappa shape index (κ1) is 21.0. The molecule has 1 aromatic rings. The van der Waals surface area contributed by atoms with E-state index in [1.165, 1.54) is 28.0 Å². The van der Waals surface area contributed by atoms with Crippen LogP contribution in [-0.4, -0.2) is 66.5 Å². The highest BCUT2D eigenvalue weighted by Gasteiger charge is 2.44. The molecule has 9 heteroatoms. The van der Waals surface area contributed by atoms with Gasteiger partial charge in [0.1, 0.15) is 12.4 Å². The van der Waals surface area contributed by atoms with Crippen molar-refractivity contribution in [2.75, 3.05) is 32.8 Å². The third kappa shape index (κ3) is 4.32. The van der Waals surface area contributed by atoms with Gasteiger partial charge in [0.05, 0.1) is 30.0 Å². The van der Waals surface area contributed by atoms with Crippen LogP contribution in [0.25, 0.3) is 0 Å². The first-order valence-electron chi connectivity index (χ1n) is 10.3. The number of amides is 4. The maximum atomic E-state index is 13.8. The highest BCUT2D eigenvalue weighted by molar-refractivity contribution is 6.03. The van der Waals surface area contributed by atoms with Gasteiger partial charge in [0.2, 0.25) is 5.91 Å². The fourth-order valence-electron chi connectivity index (χ4n) is 4.20. The highest BCUT2D eigenvalue weighted by Crippen LogP contribution is 2.36. The van der Waals surface area contributed by atoms with E-state index in [1.54, 1.807) is 12.1 Å². The monoisotopic (exact) mass is 428 g/mol. The summed E-state index contributed by atoms with van der Waals surface area (Å²) in [5.74, 6) is -1.11. The number of ether oxygens (including phenoxy) is 1. The van der Waals surface area contributed by atoms with Crippen molar-refractivity contribution in [2.45, 2.75) is 25.0 Å². The van der Waals surface area contributed by atoms with Crippen LogP contribution in [0.15, 0.2) is 48.2 Å². The molecule has 0 radical (unpaired) electrons. The average Bonchev–Trinajstić information content (AvgIpc) is 3.37. The summed E-state index contributed by atoms with van der Waals surface area (Å²) >= 11 is 0. The average molecular weight is 428 g/mol. The second kappa shape index (κ2) is 8.89. The Morgan fingerprint density at radius 3 is 2.94 bits per heavy atom. The number of benzene rings is 1. The summed E-state index contributed by atoms with van der Waals surface area (Å²) in [7, 11) is 0. The molecule has 0 aliphatic carbocycles. The van der Waals surface area contributed by atoms with Crippen molar-refractivity contribution in [1.29, 1.82) is 0 Å². The number of urea groups is 1. The molecule has 1 fully saturated rings. The lowest BCUT2D eigenvalue weighted by atomic mass is 9.95. The van der Waals surface area contributed by atoms with Gasteiger partial charge in [0, 0.05) is 19.7 Å². The summed E-state index contributed by atoms with van der Waals surface area (Å²) in [6.07, 6.45) is 3.45. The van der Waals surface area contributed by atoms with Crippen LogP contribution >= 0.6 is 0 Å². The van der Waals surface area contributed by atoms with Crippen molar-refractivity contribution in [3.8, 4) is 0 Å². The molecule has 0 spiro atoms. The Morgan fingerprint density at radius 1 is 1.39 bits per heavy atom. The molecule has 2 N–H and O–H groups in total. The fourth-order valence-corrected chi connectivity index (χ4v) is 4.20. The van der Waals surface area contributed by atoms with Gasteiger partial charge in [0.25, 0.3) is 5.91 Å². The summed E-state index contributed by atoms with van der Waals surface area (Å²) in [5, 5.41) is 5.59. The van der Waals surface area contributed by atoms with E-state index in [4.69, 9.17) is 4.74 Å². The lowest BCUT2D eigenvalue weighted by molar-refractivity contribution is -0.132. The molecule has 3 heterocycles. The van der Waals surface area contributed by atoms with Crippen molar-refractivity contribution in [3.63, 3.8) is 0 Å². The molecule has 1 aromatic carbocycles. The highest BCUT2D eigenvalue weighted by atomic mass is 19.1. The van der Waals surface area contributed by atoms with E-state index in [0.29, 0.717) is 30.0 Å². The quantitative estimate of drug-likeness (QED) is 0.644. The van der Waals surface area contributed by atoms with Gasteiger partial charge in [-0.3, -0.25) is 14.5 Å². The van der Waals surface area contributed by atoms with Crippen molar-refractivity contribution in [1.82, 2.24) is 20.4 Å². The Bertz CT molecular complexity index is 941. The Kier molecular flexibility index (Phi) is 6.03. The molecule has 0 unspecified atom stereocenters. The number of rotatable bonds is 7. The minimum Gasteiger partial charge on any atom is -0.376 e. The molecule has 1 saturated heterocycles. The Labute approximate surface area is 179 Å². The number of carbonyl (C=O) groups excluding carboxylic acids is 3. The van der Waals surface area contributed by atoms with Gasteiger partial charge in [-0.05, 0) is 30.5 Å². The van der Waals surface area contributed by atoms with Crippen LogP contribution in [0.4, 0.5) is 9.18 Å². The van der Waals surface area contributed by atoms with E-state index < -0.39 is 17.9 Å². The zero-order valence-electron chi connectivity index (χ0n) is 17.1. The van der Waals surface area contributed by atoms with E-state index in [9.17, 15) is 18.8 Å². The SMILES string of the molecule is C=CCN1C(=O)N[C@H](c2cccc(F)c2)C2=C1CN(CC(=O)NC[C@@H]1CCCO1)C2=O. The predicted octanol–water partition coefficient (Wildman–Crippen LogP) is 1.47. The maximum Gasteiger partial charge on any atom is 0.322 e. The van der Waals surface area contributed by atoms with Crippen LogP contribution in [0.5, 0.6) is 0 Å². The van der Waals surface area contributed by atoms with E-state index in [2.05, 4.69) is 17.2 Å². The third-order valence-electron chi connectivity index (χ3n) is 5.68. The first-order valence-corrected chi connectivity index (χ1v) is 10.3. The largest absolute Gasteiger partial charge is 0.376 e. The second-order valence-corrected chi connectivity index (χ2v) is 7.80. The van der Waals surface area contributed by atoms with Crippen LogP contribution in [0.3, 0.4) is 0 Å². The lowest BCUT2D eigenvalue weighted by Crippen LogP contribution is -2.47. The van der Waals surface area contributed by atoms with E-state index >= 15 is 0 Å². The summed E-state index contributed by atoms with van der Waals surface area (Å²) in [4.78, 5) is 41.2. The molecule has 0 bridgehead atoms. The number of hydrogen-bond donors (Lipinski definition) is 2. The van der Waals surface area contributed by atoms with Gasteiger partial charge >= 0.3 is 6.03 Å². The summed E-state index contributed by atoms with van der Waals surface area (Å²) in [5.41, 5.74) is 1.32. The van der Waals surface area contributed by atoms with Gasteiger partial charge in [-0.2, -0.15) is 0 Å². The topological polar surface area (TPSA) is 91.0 Å². The van der Waals surface area contributed by atoms with Gasteiger partial charge in [0.15, 0.2) is 0 Å². The third-order valence-corrected chi connectivity index (χ3v) is 5.68. The van der Waals surface area contributed by atoms with Crippen molar-refractivity contribution in [3.05, 3.63) is 59.6 Å². The minimum atomic E-state index is -0.785. The molecular weight excluding hydrogens is 403 g/mol. The number of nitrogens with zero attached hydrogens (tertiary/aromatic N) is 2. The summed E-state index contributed by atoms with van der Waals surface area (Å²) < 4.78 is 19.3. The molecule has 4 amide bonds. The van der Waals surface area contributed by atoms with Crippen LogP contribution in [-0.2, 0) is 14.3 Å². The molecule has 4 rings (SSSR count). The van der Waals surface area contributed by atoms with Gasteiger partial charge < -0.3 is 20.3 Å². The van der Waals surface area contributed by atoms with Crippen molar-refractivity contribution in [2.24, 2.45) is 0 Å². The van der Waals surface area contributed by atoms with Crippen molar-refractivity contribution >= 4 is 17.8 Å². The molecule has 3 aliphatic heterocycles. The smallest absolute Gasteiger partial charge is 0.322 e. The van der Waals surface area contributed by atoms with Crippen LogP contribution in [0.1, 0.15) is 24.4 Å². The zero-order chi connectivity index (χ0) is 22.0. The second-order valence-electron chi connectivity index (χ2n) is 7.80. The predicted molar refractivity (Wildman–Crippen MR) is 110 cm³/mol. The lowest BCUT2D eigenvalue weighted by Gasteiger charge is -2.33. The molecule has 2 atom stereocenters. The Morgan fingerprint density at radius 2 is 2.23 bits per heavy atom. The normalized spacial score (nSPS) is 23.1. The summed E-state index contributed by atoms with van der Waals surface area (Å²) in [6.45, 7) is 4.98. The zero-order valence-corrected chi connectivity index (χ0v) is 17.1. The molecule has 0 aromatic heterocycles. The molecule has 31 heavy (non-hydrogen) atoms. The number of nitrogens with one attached hydrogen (secondary N) is 2. The van der Waals surface area contributed by atoms with E-state index in [0.717, 1.165) is 12.8 Å². The van der Waals surface area contributed by atoms with Gasteiger partial charge in [-0.25, -0.2) is 9.18 Å². The van der Waals surface area contributed by atoms with Crippen LogP contribution in [0.2, 0.25) is 0 Å². The van der Waals surface area contributed by atoms with Crippen LogP contribution in [0, 0.1) is 5.82 Å². The molecule has 164 valence electrons. The van der Waals surface area contributed by atoms with Gasteiger partial charge in [-0.1, -0.05) is 18.2 Å². The van der Waals surface area contributed by atoms with E-state index in [-0.39, 0.29) is 37.6 Å². The standard InChI is InChI=1S/C22H25FN4O4/c1-2-8-27-17-12-26(13-18(28)24-11-16-7-4-9-31-16)21(29)19(17)20(25-22(27)30)14-5-3-6-15(23)10-14/h2-3,5-6,10,16,20H,1,4,7-9,11-13H2,(H,24,28)(H,25,30)/t16-,20+/m0/s1. The number of halogens is 1. The van der Waals surface area contributed by atoms with E-state index in [1.807, 2.05) is 0 Å². The molecule has 8 nitrogen and oxygen atoms in total. The van der Waals surface area contributed by atoms with Crippen LogP contribution < -0.4 is 10.6 Å².